The number of rotatable bonds is 6. The van der Waals surface area contributed by atoms with Crippen molar-refractivity contribution in [1.29, 1.82) is 0 Å². The third kappa shape index (κ3) is 3.87. The molecule has 0 fully saturated rings. The zero-order chi connectivity index (χ0) is 19.2. The van der Waals surface area contributed by atoms with E-state index in [1.807, 2.05) is 80.4 Å². The average Bonchev–Trinajstić information content (AvgIpc) is 2.74. The third-order valence-corrected chi connectivity index (χ3v) is 4.90. The zero-order valence-corrected chi connectivity index (χ0v) is 16.2. The fraction of sp³-hybridized carbons (Fsp3) is 0.208. The molecule has 0 heterocycles. The number of carbonyl (C=O) groups excluding carboxylic acids is 1. The molecule has 3 nitrogen and oxygen atoms in total. The van der Waals surface area contributed by atoms with Gasteiger partial charge < -0.3 is 9.80 Å². The summed E-state index contributed by atoms with van der Waals surface area (Å²) in [5, 5.41) is 0. The van der Waals surface area contributed by atoms with Gasteiger partial charge >= 0.3 is 0 Å². The van der Waals surface area contributed by atoms with Crippen LogP contribution in [0.5, 0.6) is 0 Å². The fourth-order valence-electron chi connectivity index (χ4n) is 3.36. The molecular formula is C24H26N2O. The molecule has 1 amide bonds. The highest BCUT2D eigenvalue weighted by atomic mass is 16.2. The minimum absolute atomic E-state index is 0.0669. The van der Waals surface area contributed by atoms with Crippen molar-refractivity contribution in [3.8, 4) is 11.1 Å². The van der Waals surface area contributed by atoms with Crippen LogP contribution in [0, 0.1) is 0 Å². The van der Waals surface area contributed by atoms with Crippen molar-refractivity contribution in [2.24, 2.45) is 0 Å². The Bertz CT molecular complexity index is 887. The Morgan fingerprint density at radius 1 is 0.778 bits per heavy atom. The molecule has 0 aliphatic rings. The SMILES string of the molecule is CCN(CC)C(=O)c1c(-c2ccccc2)cccc1N(C)c1ccccc1. The zero-order valence-electron chi connectivity index (χ0n) is 16.2. The first-order valence-corrected chi connectivity index (χ1v) is 9.43. The first kappa shape index (κ1) is 18.7. The van der Waals surface area contributed by atoms with Crippen LogP contribution in [0.4, 0.5) is 11.4 Å². The van der Waals surface area contributed by atoms with Gasteiger partial charge in [-0.3, -0.25) is 4.79 Å². The molecule has 0 unspecified atom stereocenters. The first-order chi connectivity index (χ1) is 13.2. The molecule has 0 aromatic heterocycles. The lowest BCUT2D eigenvalue weighted by molar-refractivity contribution is 0.0774. The van der Waals surface area contributed by atoms with E-state index in [-0.39, 0.29) is 5.91 Å². The maximum atomic E-state index is 13.5. The van der Waals surface area contributed by atoms with E-state index in [2.05, 4.69) is 29.2 Å². The summed E-state index contributed by atoms with van der Waals surface area (Å²) in [6, 6.07) is 26.3. The van der Waals surface area contributed by atoms with Crippen molar-refractivity contribution >= 4 is 17.3 Å². The molecule has 3 heteroatoms. The number of hydrogen-bond acceptors (Lipinski definition) is 2. The van der Waals surface area contributed by atoms with E-state index in [1.54, 1.807) is 0 Å². The highest BCUT2D eigenvalue weighted by molar-refractivity contribution is 6.06. The van der Waals surface area contributed by atoms with Crippen LogP contribution in [-0.2, 0) is 0 Å². The van der Waals surface area contributed by atoms with E-state index < -0.39 is 0 Å². The minimum Gasteiger partial charge on any atom is -0.344 e. The number of carbonyl (C=O) groups is 1. The van der Waals surface area contributed by atoms with E-state index in [4.69, 9.17) is 0 Å². The Morgan fingerprint density at radius 3 is 1.96 bits per heavy atom. The van der Waals surface area contributed by atoms with Crippen LogP contribution in [0.1, 0.15) is 24.2 Å². The summed E-state index contributed by atoms with van der Waals surface area (Å²) in [6.45, 7) is 5.42. The van der Waals surface area contributed by atoms with Crippen molar-refractivity contribution in [1.82, 2.24) is 4.90 Å². The predicted octanol–water partition coefficient (Wildman–Crippen LogP) is 5.60. The van der Waals surface area contributed by atoms with Gasteiger partial charge in [0.15, 0.2) is 0 Å². The predicted molar refractivity (Wildman–Crippen MR) is 114 cm³/mol. The molecule has 0 spiro atoms. The maximum Gasteiger partial charge on any atom is 0.256 e. The number of anilines is 2. The second-order valence-electron chi connectivity index (χ2n) is 6.44. The topological polar surface area (TPSA) is 23.6 Å². The summed E-state index contributed by atoms with van der Waals surface area (Å²) >= 11 is 0. The van der Waals surface area contributed by atoms with E-state index in [9.17, 15) is 4.79 Å². The lowest BCUT2D eigenvalue weighted by atomic mass is 9.96. The Balaban J connectivity index is 2.20. The molecule has 0 N–H and O–H groups in total. The molecular weight excluding hydrogens is 332 g/mol. The van der Waals surface area contributed by atoms with Gasteiger partial charge in [-0.05, 0) is 43.2 Å². The van der Waals surface area contributed by atoms with Gasteiger partial charge in [-0.1, -0.05) is 60.7 Å². The molecule has 3 aromatic rings. The summed E-state index contributed by atoms with van der Waals surface area (Å²) < 4.78 is 0. The van der Waals surface area contributed by atoms with Gasteiger partial charge in [0, 0.05) is 25.8 Å². The van der Waals surface area contributed by atoms with Crippen molar-refractivity contribution in [3.63, 3.8) is 0 Å². The molecule has 0 aliphatic heterocycles. The third-order valence-electron chi connectivity index (χ3n) is 4.90. The highest BCUT2D eigenvalue weighted by Crippen LogP contribution is 2.35. The number of para-hydroxylation sites is 1. The van der Waals surface area contributed by atoms with Crippen LogP contribution < -0.4 is 4.90 Å². The normalized spacial score (nSPS) is 10.5. The lowest BCUT2D eigenvalue weighted by Gasteiger charge is -2.27. The Morgan fingerprint density at radius 2 is 1.37 bits per heavy atom. The molecule has 0 bridgehead atoms. The fourth-order valence-corrected chi connectivity index (χ4v) is 3.36. The Labute approximate surface area is 161 Å². The van der Waals surface area contributed by atoms with Gasteiger partial charge in [-0.25, -0.2) is 0 Å². The molecule has 0 saturated carbocycles. The van der Waals surface area contributed by atoms with E-state index in [0.29, 0.717) is 13.1 Å². The van der Waals surface area contributed by atoms with Gasteiger partial charge in [0.2, 0.25) is 0 Å². The second kappa shape index (κ2) is 8.54. The van der Waals surface area contributed by atoms with Crippen LogP contribution in [-0.4, -0.2) is 30.9 Å². The quantitative estimate of drug-likeness (QED) is 0.572. The van der Waals surface area contributed by atoms with Crippen molar-refractivity contribution < 1.29 is 4.79 Å². The van der Waals surface area contributed by atoms with Crippen molar-refractivity contribution in [2.75, 3.05) is 25.0 Å². The Hall–Kier alpha value is -3.07. The van der Waals surface area contributed by atoms with Crippen LogP contribution in [0.15, 0.2) is 78.9 Å². The van der Waals surface area contributed by atoms with E-state index in [1.165, 1.54) is 0 Å². The summed E-state index contributed by atoms with van der Waals surface area (Å²) in [6.07, 6.45) is 0. The first-order valence-electron chi connectivity index (χ1n) is 9.43. The minimum atomic E-state index is 0.0669. The number of hydrogen-bond donors (Lipinski definition) is 0. The van der Waals surface area contributed by atoms with Crippen molar-refractivity contribution in [2.45, 2.75) is 13.8 Å². The smallest absolute Gasteiger partial charge is 0.256 e. The summed E-state index contributed by atoms with van der Waals surface area (Å²) in [5.41, 5.74) is 4.73. The molecule has 27 heavy (non-hydrogen) atoms. The van der Waals surface area contributed by atoms with E-state index >= 15 is 0 Å². The lowest BCUT2D eigenvalue weighted by Crippen LogP contribution is -2.32. The van der Waals surface area contributed by atoms with Gasteiger partial charge in [0.05, 0.1) is 11.3 Å². The summed E-state index contributed by atoms with van der Waals surface area (Å²) in [4.78, 5) is 17.4. The van der Waals surface area contributed by atoms with Crippen molar-refractivity contribution in [3.05, 3.63) is 84.4 Å². The average molecular weight is 358 g/mol. The Kier molecular flexibility index (Phi) is 5.92. The standard InChI is InChI=1S/C24H26N2O/c1-4-26(5-2)24(27)23-21(19-13-8-6-9-14-19)17-12-18-22(23)25(3)20-15-10-7-11-16-20/h6-18H,4-5H2,1-3H3. The largest absolute Gasteiger partial charge is 0.344 e. The number of nitrogens with zero attached hydrogens (tertiary/aromatic N) is 2. The number of benzene rings is 3. The molecule has 138 valence electrons. The van der Waals surface area contributed by atoms with Crippen LogP contribution >= 0.6 is 0 Å². The summed E-state index contributed by atoms with van der Waals surface area (Å²) in [7, 11) is 2.01. The number of amides is 1. The molecule has 3 rings (SSSR count). The highest BCUT2D eigenvalue weighted by Gasteiger charge is 2.23. The molecule has 0 radical (unpaired) electrons. The van der Waals surface area contributed by atoms with Gasteiger partial charge in [0.25, 0.3) is 5.91 Å². The van der Waals surface area contributed by atoms with Gasteiger partial charge in [-0.15, -0.1) is 0 Å². The van der Waals surface area contributed by atoms with Gasteiger partial charge in [0.1, 0.15) is 0 Å². The van der Waals surface area contributed by atoms with E-state index in [0.717, 1.165) is 28.1 Å². The molecule has 0 aliphatic carbocycles. The maximum absolute atomic E-state index is 13.5. The monoisotopic (exact) mass is 358 g/mol. The molecule has 3 aromatic carbocycles. The molecule has 0 atom stereocenters. The summed E-state index contributed by atoms with van der Waals surface area (Å²) in [5.74, 6) is 0.0669. The van der Waals surface area contributed by atoms with Gasteiger partial charge in [-0.2, -0.15) is 0 Å². The van der Waals surface area contributed by atoms with Crippen LogP contribution in [0.2, 0.25) is 0 Å². The molecule has 0 saturated heterocycles. The van der Waals surface area contributed by atoms with Crippen LogP contribution in [0.3, 0.4) is 0 Å². The van der Waals surface area contributed by atoms with Crippen LogP contribution in [0.25, 0.3) is 11.1 Å². The second-order valence-corrected chi connectivity index (χ2v) is 6.44.